The van der Waals surface area contributed by atoms with Crippen molar-refractivity contribution >= 4 is 40.5 Å². The number of carbonyl (C=O) groups is 1. The number of piperazine rings is 1. The van der Waals surface area contributed by atoms with E-state index < -0.39 is 0 Å². The summed E-state index contributed by atoms with van der Waals surface area (Å²) in [4.78, 5) is 21.1. The first-order chi connectivity index (χ1) is 12.1. The molecule has 25 heavy (non-hydrogen) atoms. The number of benzene rings is 1. The summed E-state index contributed by atoms with van der Waals surface area (Å²) in [6.07, 6.45) is 3.25. The Kier molecular flexibility index (Phi) is 5.78. The molecule has 2 heterocycles. The molecule has 1 amide bonds. The lowest BCUT2D eigenvalue weighted by atomic mass is 10.2. The highest BCUT2D eigenvalue weighted by atomic mass is 35.5. The minimum Gasteiger partial charge on any atom is -0.353 e. The van der Waals surface area contributed by atoms with E-state index >= 15 is 0 Å². The molecule has 1 N–H and O–H groups in total. The van der Waals surface area contributed by atoms with Gasteiger partial charge in [0.15, 0.2) is 0 Å². The highest BCUT2D eigenvalue weighted by Crippen LogP contribution is 2.28. The average molecular weight is 379 g/mol. The van der Waals surface area contributed by atoms with Crippen molar-refractivity contribution in [2.45, 2.75) is 6.92 Å². The van der Waals surface area contributed by atoms with Crippen molar-refractivity contribution in [1.29, 1.82) is 0 Å². The SMILES string of the molecule is CCN1CCN(C(=O)c2cncc(Nc3cc(Cl)ccc3Cl)c2)CC1. The molecule has 1 aliphatic heterocycles. The molecule has 0 bridgehead atoms. The molecule has 132 valence electrons. The molecule has 1 fully saturated rings. The highest BCUT2D eigenvalue weighted by Gasteiger charge is 2.21. The van der Waals surface area contributed by atoms with Gasteiger partial charge >= 0.3 is 0 Å². The number of halogens is 2. The number of hydrogen-bond donors (Lipinski definition) is 1. The minimum atomic E-state index is 0.00379. The molecule has 1 saturated heterocycles. The van der Waals surface area contributed by atoms with Crippen LogP contribution in [0.3, 0.4) is 0 Å². The van der Waals surface area contributed by atoms with Crippen molar-refractivity contribution in [2.75, 3.05) is 38.0 Å². The smallest absolute Gasteiger partial charge is 0.255 e. The molecule has 7 heteroatoms. The van der Waals surface area contributed by atoms with Gasteiger partial charge in [-0.25, -0.2) is 0 Å². The number of carbonyl (C=O) groups excluding carboxylic acids is 1. The number of anilines is 2. The van der Waals surface area contributed by atoms with Gasteiger partial charge in [-0.1, -0.05) is 30.1 Å². The number of aromatic nitrogens is 1. The number of rotatable bonds is 4. The molecule has 0 unspecified atom stereocenters. The van der Waals surface area contributed by atoms with Crippen LogP contribution in [0.25, 0.3) is 0 Å². The molecule has 0 spiro atoms. The summed E-state index contributed by atoms with van der Waals surface area (Å²) < 4.78 is 0. The quantitative estimate of drug-likeness (QED) is 0.875. The van der Waals surface area contributed by atoms with Gasteiger partial charge in [-0.05, 0) is 30.8 Å². The van der Waals surface area contributed by atoms with Gasteiger partial charge in [-0.3, -0.25) is 9.78 Å². The molecule has 1 aromatic heterocycles. The van der Waals surface area contributed by atoms with Gasteiger partial charge in [0.2, 0.25) is 0 Å². The Morgan fingerprint density at radius 3 is 2.64 bits per heavy atom. The molecule has 2 aromatic rings. The predicted molar refractivity (Wildman–Crippen MR) is 102 cm³/mol. The summed E-state index contributed by atoms with van der Waals surface area (Å²) in [5.41, 5.74) is 1.94. The Labute approximate surface area is 157 Å². The molecule has 0 radical (unpaired) electrons. The van der Waals surface area contributed by atoms with Gasteiger partial charge in [0, 0.05) is 37.4 Å². The van der Waals surface area contributed by atoms with E-state index in [4.69, 9.17) is 23.2 Å². The van der Waals surface area contributed by atoms with Crippen LogP contribution in [0.15, 0.2) is 36.7 Å². The summed E-state index contributed by atoms with van der Waals surface area (Å²) in [5.74, 6) is 0.00379. The van der Waals surface area contributed by atoms with Crippen LogP contribution in [-0.4, -0.2) is 53.4 Å². The summed E-state index contributed by atoms with van der Waals surface area (Å²) in [6, 6.07) is 6.98. The van der Waals surface area contributed by atoms with E-state index in [9.17, 15) is 4.79 Å². The molecule has 0 atom stereocenters. The second-order valence-electron chi connectivity index (χ2n) is 5.94. The molecular formula is C18H20Cl2N4O. The van der Waals surface area contributed by atoms with Crippen LogP contribution < -0.4 is 5.32 Å². The molecule has 0 saturated carbocycles. The fourth-order valence-corrected chi connectivity index (χ4v) is 3.16. The molecule has 0 aliphatic carbocycles. The van der Waals surface area contributed by atoms with Gasteiger partial charge in [-0.15, -0.1) is 0 Å². The summed E-state index contributed by atoms with van der Waals surface area (Å²) in [5, 5.41) is 4.31. The van der Waals surface area contributed by atoms with E-state index in [1.165, 1.54) is 0 Å². The maximum absolute atomic E-state index is 12.7. The highest BCUT2D eigenvalue weighted by molar-refractivity contribution is 6.35. The van der Waals surface area contributed by atoms with Crippen LogP contribution in [-0.2, 0) is 0 Å². The van der Waals surface area contributed by atoms with E-state index in [0.717, 1.165) is 32.7 Å². The number of nitrogens with one attached hydrogen (secondary N) is 1. The van der Waals surface area contributed by atoms with Crippen LogP contribution in [0.2, 0.25) is 10.0 Å². The Morgan fingerprint density at radius 1 is 1.16 bits per heavy atom. The molecule has 1 aromatic carbocycles. The summed E-state index contributed by atoms with van der Waals surface area (Å²) >= 11 is 12.2. The molecular weight excluding hydrogens is 359 g/mol. The fraction of sp³-hybridized carbons (Fsp3) is 0.333. The zero-order valence-electron chi connectivity index (χ0n) is 14.0. The van der Waals surface area contributed by atoms with Crippen molar-refractivity contribution in [3.05, 3.63) is 52.3 Å². The van der Waals surface area contributed by atoms with Gasteiger partial charge in [0.05, 0.1) is 28.2 Å². The van der Waals surface area contributed by atoms with Gasteiger partial charge in [0.1, 0.15) is 0 Å². The average Bonchev–Trinajstić information content (AvgIpc) is 2.64. The van der Waals surface area contributed by atoms with Crippen molar-refractivity contribution in [3.63, 3.8) is 0 Å². The lowest BCUT2D eigenvalue weighted by Gasteiger charge is -2.34. The maximum Gasteiger partial charge on any atom is 0.255 e. The van der Waals surface area contributed by atoms with E-state index in [-0.39, 0.29) is 5.91 Å². The van der Waals surface area contributed by atoms with Crippen LogP contribution in [0.1, 0.15) is 17.3 Å². The number of amides is 1. The first-order valence-corrected chi connectivity index (χ1v) is 9.01. The number of pyridine rings is 1. The van der Waals surface area contributed by atoms with Crippen LogP contribution in [0.4, 0.5) is 11.4 Å². The second kappa shape index (κ2) is 8.04. The Morgan fingerprint density at radius 2 is 1.92 bits per heavy atom. The van der Waals surface area contributed by atoms with Gasteiger partial charge in [0.25, 0.3) is 5.91 Å². The first kappa shape index (κ1) is 18.0. The fourth-order valence-electron chi connectivity index (χ4n) is 2.82. The first-order valence-electron chi connectivity index (χ1n) is 8.25. The summed E-state index contributed by atoms with van der Waals surface area (Å²) in [6.45, 7) is 6.45. The third-order valence-corrected chi connectivity index (χ3v) is 4.86. The largest absolute Gasteiger partial charge is 0.353 e. The molecule has 3 rings (SSSR count). The second-order valence-corrected chi connectivity index (χ2v) is 6.78. The van der Waals surface area contributed by atoms with Crippen LogP contribution in [0.5, 0.6) is 0 Å². The third-order valence-electron chi connectivity index (χ3n) is 4.30. The number of nitrogens with zero attached hydrogens (tertiary/aromatic N) is 3. The van der Waals surface area contributed by atoms with Crippen molar-refractivity contribution in [1.82, 2.24) is 14.8 Å². The topological polar surface area (TPSA) is 48.5 Å². The standard InChI is InChI=1S/C18H20Cl2N4O/c1-2-23-5-7-24(8-6-23)18(25)13-9-15(12-21-11-13)22-17-10-14(19)3-4-16(17)20/h3-4,9-12,22H,2,5-8H2,1H3. The predicted octanol–water partition coefficient (Wildman–Crippen LogP) is 3.91. The Balaban J connectivity index is 1.73. The molecule has 5 nitrogen and oxygen atoms in total. The van der Waals surface area contributed by atoms with E-state index in [1.54, 1.807) is 36.7 Å². The third kappa shape index (κ3) is 4.42. The lowest BCUT2D eigenvalue weighted by Crippen LogP contribution is -2.48. The van der Waals surface area contributed by atoms with E-state index in [1.807, 2.05) is 4.90 Å². The van der Waals surface area contributed by atoms with Crippen molar-refractivity contribution < 1.29 is 4.79 Å². The maximum atomic E-state index is 12.7. The lowest BCUT2D eigenvalue weighted by molar-refractivity contribution is 0.0643. The van der Waals surface area contributed by atoms with Gasteiger partial charge < -0.3 is 15.1 Å². The Hall–Kier alpha value is -1.82. The zero-order valence-corrected chi connectivity index (χ0v) is 15.5. The summed E-state index contributed by atoms with van der Waals surface area (Å²) in [7, 11) is 0. The van der Waals surface area contributed by atoms with Gasteiger partial charge in [-0.2, -0.15) is 0 Å². The zero-order chi connectivity index (χ0) is 17.8. The molecule has 1 aliphatic rings. The van der Waals surface area contributed by atoms with Crippen molar-refractivity contribution in [2.24, 2.45) is 0 Å². The monoisotopic (exact) mass is 378 g/mol. The minimum absolute atomic E-state index is 0.00379. The van der Waals surface area contributed by atoms with E-state index in [0.29, 0.717) is 27.0 Å². The normalized spacial score (nSPS) is 15.2. The number of hydrogen-bond acceptors (Lipinski definition) is 4. The Bertz CT molecular complexity index is 760. The number of likely N-dealkylation sites (N-methyl/N-ethyl adjacent to an activating group) is 1. The van der Waals surface area contributed by atoms with Crippen LogP contribution >= 0.6 is 23.2 Å². The van der Waals surface area contributed by atoms with E-state index in [2.05, 4.69) is 22.1 Å². The van der Waals surface area contributed by atoms with Crippen molar-refractivity contribution in [3.8, 4) is 0 Å². The van der Waals surface area contributed by atoms with Crippen LogP contribution in [0, 0.1) is 0 Å².